The van der Waals surface area contributed by atoms with E-state index in [-0.39, 0.29) is 5.92 Å². The molecule has 0 spiro atoms. The second-order valence-corrected chi connectivity index (χ2v) is 21.1. The minimum atomic E-state index is -0.548. The maximum Gasteiger partial charge on any atom is 0.143 e. The van der Waals surface area contributed by atoms with Gasteiger partial charge in [0.2, 0.25) is 0 Å². The van der Waals surface area contributed by atoms with E-state index in [0.29, 0.717) is 5.92 Å². The molecule has 0 N–H and O–H groups in total. The number of benzene rings is 10. The van der Waals surface area contributed by atoms with Crippen LogP contribution < -0.4 is 4.90 Å². The van der Waals surface area contributed by atoms with Gasteiger partial charge in [0.05, 0.1) is 5.41 Å². The average Bonchev–Trinajstić information content (AvgIpc) is 4.17. The molecule has 3 aliphatic rings. The van der Waals surface area contributed by atoms with E-state index in [1.807, 2.05) is 12.1 Å². The van der Waals surface area contributed by atoms with Gasteiger partial charge in [-0.1, -0.05) is 213 Å². The molecule has 12 aromatic rings. The Hall–Kier alpha value is -9.44. The molecule has 2 aromatic heterocycles. The van der Waals surface area contributed by atoms with Gasteiger partial charge in [0, 0.05) is 49.7 Å². The number of fused-ring (bicyclic) bond motifs is 9. The zero-order valence-corrected chi connectivity index (χ0v) is 42.7. The van der Waals surface area contributed by atoms with Gasteiger partial charge in [-0.25, -0.2) is 0 Å². The maximum atomic E-state index is 6.57. The molecule has 0 fully saturated rings. The molecule has 10 aromatic carbocycles. The lowest BCUT2D eigenvalue weighted by atomic mass is 9.61. The minimum Gasteiger partial charge on any atom is -0.455 e. The first kappa shape index (κ1) is 45.0. The van der Waals surface area contributed by atoms with E-state index < -0.39 is 5.41 Å². The first-order valence-electron chi connectivity index (χ1n) is 27.1. The van der Waals surface area contributed by atoms with E-state index in [4.69, 9.17) is 8.83 Å². The van der Waals surface area contributed by atoms with Crippen LogP contribution in [0.3, 0.4) is 0 Å². The second-order valence-electron chi connectivity index (χ2n) is 21.1. The summed E-state index contributed by atoms with van der Waals surface area (Å²) in [6.45, 7) is 2.30. The minimum absolute atomic E-state index is 0.127. The Balaban J connectivity index is 0.949. The highest BCUT2D eigenvalue weighted by Gasteiger charge is 2.51. The van der Waals surface area contributed by atoms with Crippen LogP contribution >= 0.6 is 0 Å². The summed E-state index contributed by atoms with van der Waals surface area (Å²) >= 11 is 0. The van der Waals surface area contributed by atoms with E-state index in [9.17, 15) is 0 Å². The molecular weight excluding hydrogens is 935 g/mol. The van der Waals surface area contributed by atoms with Crippen molar-refractivity contribution in [3.63, 3.8) is 0 Å². The van der Waals surface area contributed by atoms with Crippen LogP contribution in [0, 0.1) is 11.8 Å². The normalized spacial score (nSPS) is 17.5. The molecule has 0 saturated heterocycles. The van der Waals surface area contributed by atoms with E-state index in [2.05, 4.69) is 267 Å². The average molecular weight is 988 g/mol. The Labute approximate surface area is 448 Å². The second kappa shape index (κ2) is 18.1. The summed E-state index contributed by atoms with van der Waals surface area (Å²) in [5.41, 5.74) is 22.1. The Morgan fingerprint density at radius 3 is 1.58 bits per heavy atom. The molecule has 3 aliphatic carbocycles. The van der Waals surface area contributed by atoms with Crippen molar-refractivity contribution < 1.29 is 8.83 Å². The lowest BCUT2D eigenvalue weighted by molar-refractivity contribution is 0.458. The number of hydrogen-bond acceptors (Lipinski definition) is 3. The van der Waals surface area contributed by atoms with E-state index >= 15 is 0 Å². The monoisotopic (exact) mass is 987 g/mol. The molecule has 3 nitrogen and oxygen atoms in total. The number of allylic oxidation sites excluding steroid dienone is 8. The van der Waals surface area contributed by atoms with Crippen LogP contribution in [0.4, 0.5) is 17.1 Å². The number of para-hydroxylation sites is 4. The van der Waals surface area contributed by atoms with Gasteiger partial charge in [0.25, 0.3) is 0 Å². The predicted molar refractivity (Wildman–Crippen MR) is 321 cm³/mol. The van der Waals surface area contributed by atoms with Crippen molar-refractivity contribution in [2.45, 2.75) is 25.2 Å². The first-order valence-corrected chi connectivity index (χ1v) is 27.1. The van der Waals surface area contributed by atoms with E-state index in [1.54, 1.807) is 0 Å². The lowest BCUT2D eigenvalue weighted by Gasteiger charge is -2.41. The number of nitrogens with zero attached hydrogens (tertiary/aromatic N) is 1. The highest BCUT2D eigenvalue weighted by atomic mass is 16.3. The van der Waals surface area contributed by atoms with Crippen LogP contribution in [-0.4, -0.2) is 0 Å². The standard InChI is InChI=1S/C74H53NO2/c1-48-31-33-49(34-32-48)53-45-66(50-17-5-2-6-18-50)71-67(46-53)61-44-43-58(47-68(61)74(71,54-19-7-3-8-20-54)55-21-9-4-10-22-55)75(56-39-35-51(36-40-56)59-25-15-27-64-62-23-11-13-29-69(62)76-72(59)64)57-41-37-52(38-42-57)60-26-16-28-65-63-24-12-14-30-70(63)77-73(60)65/h2-21,23-31,33-48,55H,22,32H2,1H3. The SMILES string of the molecule is CC1C=CC(c2cc(-c3ccccc3)c3c(c2)-c2ccc(N(c4ccc(-c5cccc6c5oc5ccccc56)cc4)c4ccc(-c5cccc6c5oc5ccccc56)cc4)cc2C3(c2ccccc2)C2C=CC=CC2)=CC1. The molecule has 3 unspecified atom stereocenters. The molecule has 15 rings (SSSR count). The van der Waals surface area contributed by atoms with E-state index in [0.717, 1.165) is 96.0 Å². The Bertz CT molecular complexity index is 4240. The predicted octanol–water partition coefficient (Wildman–Crippen LogP) is 20.4. The fourth-order valence-corrected chi connectivity index (χ4v) is 13.1. The van der Waals surface area contributed by atoms with Gasteiger partial charge in [0.15, 0.2) is 0 Å². The van der Waals surface area contributed by atoms with Gasteiger partial charge in [-0.3, -0.25) is 0 Å². The summed E-state index contributed by atoms with van der Waals surface area (Å²) in [4.78, 5) is 2.44. The summed E-state index contributed by atoms with van der Waals surface area (Å²) in [7, 11) is 0. The molecule has 0 amide bonds. The zero-order valence-electron chi connectivity index (χ0n) is 42.7. The van der Waals surface area contributed by atoms with Crippen molar-refractivity contribution in [2.75, 3.05) is 4.90 Å². The van der Waals surface area contributed by atoms with Gasteiger partial charge in [0.1, 0.15) is 22.3 Å². The summed E-state index contributed by atoms with van der Waals surface area (Å²) in [6, 6.07) is 82.4. The number of furan rings is 2. The topological polar surface area (TPSA) is 29.5 Å². The maximum absolute atomic E-state index is 6.57. The molecule has 3 heteroatoms. The van der Waals surface area contributed by atoms with Crippen molar-refractivity contribution in [3.05, 3.63) is 289 Å². The molecule has 2 heterocycles. The van der Waals surface area contributed by atoms with Crippen LogP contribution in [0.15, 0.2) is 276 Å². The van der Waals surface area contributed by atoms with Crippen LogP contribution in [0.2, 0.25) is 0 Å². The van der Waals surface area contributed by atoms with Gasteiger partial charge >= 0.3 is 0 Å². The van der Waals surface area contributed by atoms with Gasteiger partial charge in [-0.05, 0) is 147 Å². The van der Waals surface area contributed by atoms with Crippen molar-refractivity contribution in [3.8, 4) is 44.5 Å². The quantitative estimate of drug-likeness (QED) is 0.144. The number of rotatable bonds is 9. The molecule has 0 bridgehead atoms. The van der Waals surface area contributed by atoms with E-state index in [1.165, 1.54) is 50.1 Å². The van der Waals surface area contributed by atoms with Gasteiger partial charge < -0.3 is 13.7 Å². The summed E-state index contributed by atoms with van der Waals surface area (Å²) in [5, 5.41) is 4.50. The summed E-state index contributed by atoms with van der Waals surface area (Å²) in [5.74, 6) is 0.645. The Morgan fingerprint density at radius 2 is 0.987 bits per heavy atom. The fourth-order valence-electron chi connectivity index (χ4n) is 13.1. The number of anilines is 3. The summed E-state index contributed by atoms with van der Waals surface area (Å²) in [6.07, 6.45) is 18.4. The smallest absolute Gasteiger partial charge is 0.143 e. The number of hydrogen-bond donors (Lipinski definition) is 0. The Morgan fingerprint density at radius 1 is 0.429 bits per heavy atom. The molecule has 77 heavy (non-hydrogen) atoms. The molecule has 0 radical (unpaired) electrons. The van der Waals surface area contributed by atoms with Gasteiger partial charge in [-0.2, -0.15) is 0 Å². The highest BCUT2D eigenvalue weighted by Crippen LogP contribution is 2.62. The van der Waals surface area contributed by atoms with Crippen LogP contribution in [0.1, 0.15) is 42.0 Å². The zero-order chi connectivity index (χ0) is 51.0. The largest absolute Gasteiger partial charge is 0.455 e. The molecule has 0 saturated carbocycles. The van der Waals surface area contributed by atoms with Crippen LogP contribution in [-0.2, 0) is 5.41 Å². The third kappa shape index (κ3) is 7.25. The molecule has 3 atom stereocenters. The van der Waals surface area contributed by atoms with Crippen molar-refractivity contribution in [2.24, 2.45) is 11.8 Å². The molecular formula is C74H53NO2. The third-order valence-electron chi connectivity index (χ3n) is 16.7. The van der Waals surface area contributed by atoms with Crippen molar-refractivity contribution in [1.82, 2.24) is 0 Å². The summed E-state index contributed by atoms with van der Waals surface area (Å²) < 4.78 is 13.1. The van der Waals surface area contributed by atoms with Gasteiger partial charge in [-0.15, -0.1) is 0 Å². The first-order chi connectivity index (χ1) is 38.1. The van der Waals surface area contributed by atoms with Crippen molar-refractivity contribution in [1.29, 1.82) is 0 Å². The van der Waals surface area contributed by atoms with Crippen LogP contribution in [0.5, 0.6) is 0 Å². The molecule has 366 valence electrons. The van der Waals surface area contributed by atoms with Crippen LogP contribution in [0.25, 0.3) is 94.0 Å². The van der Waals surface area contributed by atoms with Crippen molar-refractivity contribution >= 4 is 66.5 Å². The lowest BCUT2D eigenvalue weighted by Crippen LogP contribution is -2.36. The highest BCUT2D eigenvalue weighted by molar-refractivity contribution is 6.11. The molecule has 0 aliphatic heterocycles. The Kier molecular flexibility index (Phi) is 10.6. The fraction of sp³-hybridized carbons (Fsp3) is 0.0811. The third-order valence-corrected chi connectivity index (χ3v) is 16.7.